The van der Waals surface area contributed by atoms with Crippen molar-refractivity contribution in [2.24, 2.45) is 5.92 Å². The van der Waals surface area contributed by atoms with Crippen LogP contribution >= 0.6 is 0 Å². The molecule has 1 saturated carbocycles. The summed E-state index contributed by atoms with van der Waals surface area (Å²) < 4.78 is 0. The quantitative estimate of drug-likeness (QED) is 0.578. The maximum absolute atomic E-state index is 2.36. The predicted molar refractivity (Wildman–Crippen MR) is 42.6 cm³/mol. The van der Waals surface area contributed by atoms with Gasteiger partial charge in [-0.3, -0.25) is 0 Å². The highest BCUT2D eigenvalue weighted by Crippen LogP contribution is 2.33. The van der Waals surface area contributed by atoms with Crippen LogP contribution in [0.2, 0.25) is 0 Å². The van der Waals surface area contributed by atoms with Gasteiger partial charge in [0.05, 0.1) is 0 Å². The Kier molecular flexibility index (Phi) is 1.46. The molecule has 0 heterocycles. The Morgan fingerprint density at radius 2 is 1.80 bits per heavy atom. The van der Waals surface area contributed by atoms with Gasteiger partial charge in [-0.1, -0.05) is 30.3 Å². The standard InChI is InChI=1S/C10H11/c1-2-4-9(5-3-1)8-10-6-7-10/h1-5,8,10H,6-7H2. The largest absolute Gasteiger partial charge is 0.0622 e. The number of hydrogen-bond donors (Lipinski definition) is 0. The molecule has 1 fully saturated rings. The van der Waals surface area contributed by atoms with Crippen LogP contribution in [0.15, 0.2) is 30.3 Å². The minimum Gasteiger partial charge on any atom is -0.0622 e. The van der Waals surface area contributed by atoms with Crippen molar-refractivity contribution in [3.8, 4) is 0 Å². The lowest BCUT2D eigenvalue weighted by molar-refractivity contribution is 1.03. The molecule has 1 aliphatic carbocycles. The lowest BCUT2D eigenvalue weighted by atomic mass is 10.1. The molecule has 1 radical (unpaired) electrons. The maximum atomic E-state index is 2.36. The molecule has 0 unspecified atom stereocenters. The summed E-state index contributed by atoms with van der Waals surface area (Å²) in [5, 5.41) is 0. The zero-order valence-corrected chi connectivity index (χ0v) is 5.96. The average Bonchev–Trinajstić information content (AvgIpc) is 2.74. The van der Waals surface area contributed by atoms with Gasteiger partial charge in [0, 0.05) is 0 Å². The SMILES string of the molecule is [CH](c1ccccc1)C1CC1. The normalized spacial score (nSPS) is 17.2. The molecular weight excluding hydrogens is 120 g/mol. The molecule has 2 rings (SSSR count). The van der Waals surface area contributed by atoms with Crippen LogP contribution < -0.4 is 0 Å². The molecule has 0 heteroatoms. The Balaban J connectivity index is 2.03. The molecule has 0 aromatic heterocycles. The van der Waals surface area contributed by atoms with Crippen LogP contribution in [0, 0.1) is 12.3 Å². The number of benzene rings is 1. The molecule has 0 N–H and O–H groups in total. The predicted octanol–water partition coefficient (Wildman–Crippen LogP) is 2.65. The van der Waals surface area contributed by atoms with Crippen molar-refractivity contribution in [1.82, 2.24) is 0 Å². The summed E-state index contributed by atoms with van der Waals surface area (Å²) in [5.41, 5.74) is 1.38. The second kappa shape index (κ2) is 2.45. The van der Waals surface area contributed by atoms with Crippen molar-refractivity contribution < 1.29 is 0 Å². The van der Waals surface area contributed by atoms with E-state index in [1.807, 2.05) is 0 Å². The summed E-state index contributed by atoms with van der Waals surface area (Å²) in [4.78, 5) is 0. The summed E-state index contributed by atoms with van der Waals surface area (Å²) >= 11 is 0. The fourth-order valence-electron chi connectivity index (χ4n) is 1.10. The smallest absolute Gasteiger partial charge is 0.00621 e. The lowest BCUT2D eigenvalue weighted by Crippen LogP contribution is -1.80. The van der Waals surface area contributed by atoms with Crippen molar-refractivity contribution in [3.05, 3.63) is 42.3 Å². The molecular formula is C10H11. The summed E-state index contributed by atoms with van der Waals surface area (Å²) in [5.74, 6) is 0.891. The Morgan fingerprint density at radius 1 is 1.10 bits per heavy atom. The van der Waals surface area contributed by atoms with E-state index in [1.165, 1.54) is 18.4 Å². The third kappa shape index (κ3) is 1.38. The Labute approximate surface area is 61.9 Å². The van der Waals surface area contributed by atoms with E-state index in [9.17, 15) is 0 Å². The van der Waals surface area contributed by atoms with E-state index < -0.39 is 0 Å². The highest BCUT2D eigenvalue weighted by atomic mass is 14.3. The van der Waals surface area contributed by atoms with Crippen LogP contribution in [0.4, 0.5) is 0 Å². The van der Waals surface area contributed by atoms with Gasteiger partial charge in [0.25, 0.3) is 0 Å². The van der Waals surface area contributed by atoms with Gasteiger partial charge in [0.1, 0.15) is 0 Å². The summed E-state index contributed by atoms with van der Waals surface area (Å²) in [7, 11) is 0. The van der Waals surface area contributed by atoms with Gasteiger partial charge < -0.3 is 0 Å². The monoisotopic (exact) mass is 131 g/mol. The van der Waals surface area contributed by atoms with Crippen LogP contribution in [0.1, 0.15) is 18.4 Å². The molecule has 10 heavy (non-hydrogen) atoms. The van der Waals surface area contributed by atoms with E-state index in [1.54, 1.807) is 0 Å². The maximum Gasteiger partial charge on any atom is -0.00621 e. The average molecular weight is 131 g/mol. The first-order chi connectivity index (χ1) is 4.95. The zero-order valence-electron chi connectivity index (χ0n) is 5.96. The van der Waals surface area contributed by atoms with E-state index in [2.05, 4.69) is 36.8 Å². The van der Waals surface area contributed by atoms with Crippen molar-refractivity contribution in [2.45, 2.75) is 12.8 Å². The highest BCUT2D eigenvalue weighted by Gasteiger charge is 2.21. The Morgan fingerprint density at radius 3 is 2.40 bits per heavy atom. The van der Waals surface area contributed by atoms with Crippen LogP contribution in [0.5, 0.6) is 0 Å². The number of hydrogen-bond acceptors (Lipinski definition) is 0. The third-order valence-corrected chi connectivity index (χ3v) is 1.85. The van der Waals surface area contributed by atoms with Crippen molar-refractivity contribution in [1.29, 1.82) is 0 Å². The fraction of sp³-hybridized carbons (Fsp3) is 0.300. The van der Waals surface area contributed by atoms with E-state index in [-0.39, 0.29) is 0 Å². The molecule has 0 aliphatic heterocycles. The molecule has 1 aliphatic rings. The number of rotatable bonds is 2. The van der Waals surface area contributed by atoms with Gasteiger partial charge in [-0.05, 0) is 30.7 Å². The van der Waals surface area contributed by atoms with Gasteiger partial charge in [-0.2, -0.15) is 0 Å². The van der Waals surface area contributed by atoms with Crippen LogP contribution in [0.25, 0.3) is 0 Å². The van der Waals surface area contributed by atoms with Gasteiger partial charge in [-0.15, -0.1) is 0 Å². The van der Waals surface area contributed by atoms with Crippen molar-refractivity contribution >= 4 is 0 Å². The van der Waals surface area contributed by atoms with Crippen LogP contribution in [-0.4, -0.2) is 0 Å². The molecule has 1 aromatic carbocycles. The van der Waals surface area contributed by atoms with Crippen molar-refractivity contribution in [2.75, 3.05) is 0 Å². The third-order valence-electron chi connectivity index (χ3n) is 1.85. The van der Waals surface area contributed by atoms with E-state index >= 15 is 0 Å². The van der Waals surface area contributed by atoms with E-state index in [0.717, 1.165) is 5.92 Å². The fourth-order valence-corrected chi connectivity index (χ4v) is 1.10. The van der Waals surface area contributed by atoms with Crippen LogP contribution in [-0.2, 0) is 0 Å². The first-order valence-corrected chi connectivity index (χ1v) is 3.85. The lowest BCUT2D eigenvalue weighted by Gasteiger charge is -1.94. The zero-order chi connectivity index (χ0) is 6.81. The Bertz CT molecular complexity index is 197. The summed E-state index contributed by atoms with van der Waals surface area (Å²) in [6, 6.07) is 10.6. The molecule has 0 saturated heterocycles. The summed E-state index contributed by atoms with van der Waals surface area (Å²) in [6.07, 6.45) is 5.16. The molecule has 0 atom stereocenters. The van der Waals surface area contributed by atoms with Gasteiger partial charge >= 0.3 is 0 Å². The second-order valence-corrected chi connectivity index (χ2v) is 2.91. The first kappa shape index (κ1) is 5.96. The molecule has 1 aromatic rings. The molecule has 0 nitrogen and oxygen atoms in total. The van der Waals surface area contributed by atoms with Gasteiger partial charge in [0.15, 0.2) is 0 Å². The Hall–Kier alpha value is -0.780. The second-order valence-electron chi connectivity index (χ2n) is 2.91. The molecule has 51 valence electrons. The topological polar surface area (TPSA) is 0 Å². The van der Waals surface area contributed by atoms with Crippen molar-refractivity contribution in [3.63, 3.8) is 0 Å². The molecule has 0 bridgehead atoms. The van der Waals surface area contributed by atoms with Crippen LogP contribution in [0.3, 0.4) is 0 Å². The van der Waals surface area contributed by atoms with Gasteiger partial charge in [0.2, 0.25) is 0 Å². The molecule has 0 amide bonds. The minimum absolute atomic E-state index is 0.891. The van der Waals surface area contributed by atoms with E-state index in [0.29, 0.717) is 0 Å². The minimum atomic E-state index is 0.891. The highest BCUT2D eigenvalue weighted by molar-refractivity contribution is 5.24. The van der Waals surface area contributed by atoms with Gasteiger partial charge in [-0.25, -0.2) is 0 Å². The summed E-state index contributed by atoms with van der Waals surface area (Å²) in [6.45, 7) is 0. The first-order valence-electron chi connectivity index (χ1n) is 3.85. The molecule has 0 spiro atoms. The van der Waals surface area contributed by atoms with E-state index in [4.69, 9.17) is 0 Å².